The molecule has 0 spiro atoms. The molecule has 0 aromatic heterocycles. The van der Waals surface area contributed by atoms with Gasteiger partial charge in [-0.3, -0.25) is 0 Å². The van der Waals surface area contributed by atoms with Crippen LogP contribution in [-0.4, -0.2) is 51.7 Å². The van der Waals surface area contributed by atoms with Crippen LogP contribution in [0.4, 0.5) is 0 Å². The van der Waals surface area contributed by atoms with E-state index < -0.39 is 10.0 Å². The van der Waals surface area contributed by atoms with Crippen molar-refractivity contribution in [1.82, 2.24) is 4.31 Å². The van der Waals surface area contributed by atoms with Crippen molar-refractivity contribution >= 4 is 26.0 Å². The molecule has 1 aliphatic rings. The van der Waals surface area contributed by atoms with Crippen LogP contribution in [0, 0.1) is 5.92 Å². The first-order valence-electron chi connectivity index (χ1n) is 6.46. The molecule has 1 saturated heterocycles. The average Bonchev–Trinajstić information content (AvgIpc) is 2.96. The van der Waals surface area contributed by atoms with E-state index in [4.69, 9.17) is 14.6 Å². The van der Waals surface area contributed by atoms with E-state index in [9.17, 15) is 8.42 Å². The number of aliphatic hydroxyl groups is 1. The van der Waals surface area contributed by atoms with E-state index >= 15 is 0 Å². The van der Waals surface area contributed by atoms with Crippen LogP contribution < -0.4 is 9.47 Å². The highest BCUT2D eigenvalue weighted by molar-refractivity contribution is 9.10. The molecule has 1 heterocycles. The Morgan fingerprint density at radius 3 is 2.48 bits per heavy atom. The summed E-state index contributed by atoms with van der Waals surface area (Å²) in [6.45, 7) is 0.743. The second kappa shape index (κ2) is 6.51. The topological polar surface area (TPSA) is 76.1 Å². The number of rotatable bonds is 5. The summed E-state index contributed by atoms with van der Waals surface area (Å²) in [7, 11) is -0.681. The molecule has 0 radical (unpaired) electrons. The number of ether oxygens (including phenoxy) is 2. The molecule has 1 aliphatic heterocycles. The van der Waals surface area contributed by atoms with Gasteiger partial charge in [-0.25, -0.2) is 8.42 Å². The minimum absolute atomic E-state index is 0.000870. The molecule has 0 bridgehead atoms. The summed E-state index contributed by atoms with van der Waals surface area (Å²) in [6, 6.07) is 3.02. The minimum atomic E-state index is -3.63. The lowest BCUT2D eigenvalue weighted by atomic mass is 10.1. The van der Waals surface area contributed by atoms with Gasteiger partial charge in [0.1, 0.15) is 4.90 Å². The molecule has 1 aromatic carbocycles. The molecular weight excluding hydrogens is 362 g/mol. The maximum Gasteiger partial charge on any atom is 0.244 e. The van der Waals surface area contributed by atoms with E-state index in [0.717, 1.165) is 0 Å². The number of nitrogens with zero attached hydrogens (tertiary/aromatic N) is 1. The van der Waals surface area contributed by atoms with Crippen LogP contribution in [0.1, 0.15) is 6.42 Å². The van der Waals surface area contributed by atoms with Gasteiger partial charge in [0.25, 0.3) is 0 Å². The Labute approximate surface area is 132 Å². The van der Waals surface area contributed by atoms with E-state index in [2.05, 4.69) is 15.9 Å². The second-order valence-corrected chi connectivity index (χ2v) is 7.60. The van der Waals surface area contributed by atoms with Crippen molar-refractivity contribution in [2.75, 3.05) is 33.9 Å². The van der Waals surface area contributed by atoms with Crippen LogP contribution >= 0.6 is 15.9 Å². The molecule has 6 nitrogen and oxygen atoms in total. The first kappa shape index (κ1) is 16.5. The molecule has 2 rings (SSSR count). The summed E-state index contributed by atoms with van der Waals surface area (Å²) < 4.78 is 37.5. The highest BCUT2D eigenvalue weighted by atomic mass is 79.9. The van der Waals surface area contributed by atoms with Crippen molar-refractivity contribution in [2.45, 2.75) is 11.3 Å². The third-order valence-corrected chi connectivity index (χ3v) is 6.39. The SMILES string of the molecule is COc1cc(Br)c(S(=O)(=O)N2CCC(CO)C2)cc1OC. The van der Waals surface area contributed by atoms with Crippen LogP contribution in [0.25, 0.3) is 0 Å². The molecule has 0 saturated carbocycles. The molecule has 1 atom stereocenters. The summed E-state index contributed by atoms with van der Waals surface area (Å²) in [5.41, 5.74) is 0. The molecule has 1 N–H and O–H groups in total. The zero-order valence-electron chi connectivity index (χ0n) is 11.9. The number of halogens is 1. The Balaban J connectivity index is 2.41. The van der Waals surface area contributed by atoms with Gasteiger partial charge < -0.3 is 14.6 Å². The minimum Gasteiger partial charge on any atom is -0.493 e. The maximum atomic E-state index is 12.7. The Hall–Kier alpha value is -0.830. The molecule has 1 unspecified atom stereocenters. The lowest BCUT2D eigenvalue weighted by Crippen LogP contribution is -2.29. The van der Waals surface area contributed by atoms with Crippen molar-refractivity contribution in [3.05, 3.63) is 16.6 Å². The van der Waals surface area contributed by atoms with Crippen molar-refractivity contribution in [3.8, 4) is 11.5 Å². The van der Waals surface area contributed by atoms with E-state index in [1.165, 1.54) is 24.6 Å². The number of sulfonamides is 1. The first-order chi connectivity index (χ1) is 9.93. The van der Waals surface area contributed by atoms with Gasteiger partial charge in [0, 0.05) is 30.2 Å². The van der Waals surface area contributed by atoms with E-state index in [1.54, 1.807) is 6.07 Å². The van der Waals surface area contributed by atoms with E-state index in [1.807, 2.05) is 0 Å². The fourth-order valence-electron chi connectivity index (χ4n) is 2.34. The molecule has 8 heteroatoms. The highest BCUT2D eigenvalue weighted by Gasteiger charge is 2.34. The molecule has 118 valence electrons. The van der Waals surface area contributed by atoms with E-state index in [-0.39, 0.29) is 17.4 Å². The fourth-order valence-corrected chi connectivity index (χ4v) is 4.87. The van der Waals surface area contributed by atoms with Gasteiger partial charge in [0.05, 0.1) is 14.2 Å². The lowest BCUT2D eigenvalue weighted by molar-refractivity contribution is 0.233. The monoisotopic (exact) mass is 379 g/mol. The zero-order valence-corrected chi connectivity index (χ0v) is 14.3. The second-order valence-electron chi connectivity index (χ2n) is 4.84. The average molecular weight is 380 g/mol. The van der Waals surface area contributed by atoms with Crippen LogP contribution in [0.5, 0.6) is 11.5 Å². The number of methoxy groups -OCH3 is 2. The summed E-state index contributed by atoms with van der Waals surface area (Å²) in [4.78, 5) is 0.138. The third kappa shape index (κ3) is 3.18. The lowest BCUT2D eigenvalue weighted by Gasteiger charge is -2.18. The van der Waals surface area contributed by atoms with Crippen LogP contribution in [0.15, 0.2) is 21.5 Å². The zero-order chi connectivity index (χ0) is 15.6. The largest absolute Gasteiger partial charge is 0.493 e. The molecule has 1 aromatic rings. The van der Waals surface area contributed by atoms with Gasteiger partial charge >= 0.3 is 0 Å². The van der Waals surface area contributed by atoms with Crippen LogP contribution in [-0.2, 0) is 10.0 Å². The quantitative estimate of drug-likeness (QED) is 0.837. The summed E-state index contributed by atoms with van der Waals surface area (Å²) in [6.07, 6.45) is 0.667. The van der Waals surface area contributed by atoms with Crippen molar-refractivity contribution in [2.24, 2.45) is 5.92 Å². The number of aliphatic hydroxyl groups excluding tert-OH is 1. The molecule has 1 fully saturated rings. The van der Waals surface area contributed by atoms with Gasteiger partial charge in [0.15, 0.2) is 11.5 Å². The van der Waals surface area contributed by atoms with Crippen LogP contribution in [0.2, 0.25) is 0 Å². The smallest absolute Gasteiger partial charge is 0.244 e. The third-order valence-electron chi connectivity index (χ3n) is 3.56. The Kier molecular flexibility index (Phi) is 5.13. The van der Waals surface area contributed by atoms with Crippen LogP contribution in [0.3, 0.4) is 0 Å². The number of hydrogen-bond donors (Lipinski definition) is 1. The van der Waals surface area contributed by atoms with Crippen molar-refractivity contribution < 1.29 is 23.0 Å². The van der Waals surface area contributed by atoms with Gasteiger partial charge in [-0.1, -0.05) is 0 Å². The van der Waals surface area contributed by atoms with Crippen molar-refractivity contribution in [3.63, 3.8) is 0 Å². The summed E-state index contributed by atoms with van der Waals surface area (Å²) >= 11 is 3.28. The van der Waals surface area contributed by atoms with Gasteiger partial charge in [-0.05, 0) is 34.3 Å². The van der Waals surface area contributed by atoms with Gasteiger partial charge in [-0.2, -0.15) is 4.31 Å². The Morgan fingerprint density at radius 2 is 1.95 bits per heavy atom. The molecular formula is C13H18BrNO5S. The maximum absolute atomic E-state index is 12.7. The Morgan fingerprint density at radius 1 is 1.33 bits per heavy atom. The summed E-state index contributed by atoms with van der Waals surface area (Å²) in [5, 5.41) is 9.16. The molecule has 21 heavy (non-hydrogen) atoms. The van der Waals surface area contributed by atoms with Crippen molar-refractivity contribution in [1.29, 1.82) is 0 Å². The van der Waals surface area contributed by atoms with Gasteiger partial charge in [0.2, 0.25) is 10.0 Å². The standard InChI is InChI=1S/C13H18BrNO5S/c1-19-11-5-10(14)13(6-12(11)20-2)21(17,18)15-4-3-9(7-15)8-16/h5-6,9,16H,3-4,7-8H2,1-2H3. The van der Waals surface area contributed by atoms with Gasteiger partial charge in [-0.15, -0.1) is 0 Å². The van der Waals surface area contributed by atoms with E-state index in [0.29, 0.717) is 35.5 Å². The molecule has 0 amide bonds. The first-order valence-corrected chi connectivity index (χ1v) is 8.69. The fraction of sp³-hybridized carbons (Fsp3) is 0.538. The summed E-state index contributed by atoms with van der Waals surface area (Å²) in [5.74, 6) is 0.814. The molecule has 0 aliphatic carbocycles. The number of benzene rings is 1. The Bertz CT molecular complexity index is 619. The highest BCUT2D eigenvalue weighted by Crippen LogP contribution is 2.37. The predicted molar refractivity (Wildman–Crippen MR) is 81.2 cm³/mol. The number of hydrogen-bond acceptors (Lipinski definition) is 5. The predicted octanol–water partition coefficient (Wildman–Crippen LogP) is 1.47. The normalized spacial score (nSPS) is 19.7.